The van der Waals surface area contributed by atoms with Gasteiger partial charge in [0.05, 0.1) is 5.92 Å². The summed E-state index contributed by atoms with van der Waals surface area (Å²) in [7, 11) is 0. The molecule has 1 saturated heterocycles. The Morgan fingerprint density at radius 2 is 2.00 bits per heavy atom. The number of fused-ring (bicyclic) bond motifs is 1. The summed E-state index contributed by atoms with van der Waals surface area (Å²) in [5.74, 6) is 0.319. The molecule has 22 heavy (non-hydrogen) atoms. The molecule has 1 heterocycles. The molecule has 3 heteroatoms. The smallest absolute Gasteiger partial charge is 0.227 e. The number of likely N-dealkylation sites (tertiary alicyclic amines) is 1. The maximum Gasteiger partial charge on any atom is 0.227 e. The highest BCUT2D eigenvalue weighted by Gasteiger charge is 2.28. The van der Waals surface area contributed by atoms with Crippen molar-refractivity contribution >= 4 is 5.91 Å². The SMILES string of the molecule is CCCN1CCC(NC(=O)C2CCCc3ccccc32)CC1. The van der Waals surface area contributed by atoms with Crippen LogP contribution in [0, 0.1) is 0 Å². The molecule has 2 aliphatic rings. The van der Waals surface area contributed by atoms with Crippen LogP contribution < -0.4 is 5.32 Å². The first-order valence-corrected chi connectivity index (χ1v) is 8.88. The van der Waals surface area contributed by atoms with E-state index >= 15 is 0 Å². The third-order valence-corrected chi connectivity index (χ3v) is 5.16. The van der Waals surface area contributed by atoms with E-state index in [2.05, 4.69) is 41.4 Å². The molecule has 1 fully saturated rings. The van der Waals surface area contributed by atoms with Gasteiger partial charge in [-0.05, 0) is 56.2 Å². The predicted molar refractivity (Wildman–Crippen MR) is 90.0 cm³/mol. The minimum absolute atomic E-state index is 0.0682. The highest BCUT2D eigenvalue weighted by molar-refractivity contribution is 5.84. The van der Waals surface area contributed by atoms with E-state index in [9.17, 15) is 4.79 Å². The normalized spacial score (nSPS) is 23.0. The van der Waals surface area contributed by atoms with Crippen LogP contribution in [0.1, 0.15) is 56.1 Å². The summed E-state index contributed by atoms with van der Waals surface area (Å²) in [6.45, 7) is 5.67. The lowest BCUT2D eigenvalue weighted by atomic mass is 9.82. The molecule has 0 aromatic heterocycles. The van der Waals surface area contributed by atoms with Crippen molar-refractivity contribution in [2.75, 3.05) is 19.6 Å². The molecule has 1 aromatic carbocycles. The molecule has 1 amide bonds. The van der Waals surface area contributed by atoms with Gasteiger partial charge in [-0.2, -0.15) is 0 Å². The zero-order valence-corrected chi connectivity index (χ0v) is 13.7. The van der Waals surface area contributed by atoms with Gasteiger partial charge >= 0.3 is 0 Å². The summed E-state index contributed by atoms with van der Waals surface area (Å²) < 4.78 is 0. The van der Waals surface area contributed by atoms with Gasteiger partial charge in [0.1, 0.15) is 0 Å². The minimum Gasteiger partial charge on any atom is -0.353 e. The minimum atomic E-state index is 0.0682. The average Bonchev–Trinajstić information content (AvgIpc) is 2.56. The van der Waals surface area contributed by atoms with Gasteiger partial charge in [-0.1, -0.05) is 31.2 Å². The van der Waals surface area contributed by atoms with E-state index in [-0.39, 0.29) is 11.8 Å². The van der Waals surface area contributed by atoms with Crippen molar-refractivity contribution in [2.24, 2.45) is 0 Å². The standard InChI is InChI=1S/C19H28N2O/c1-2-12-21-13-10-16(11-14-21)20-19(22)18-9-5-7-15-6-3-4-8-17(15)18/h3-4,6,8,16,18H,2,5,7,9-14H2,1H3,(H,20,22). The average molecular weight is 300 g/mol. The summed E-state index contributed by atoms with van der Waals surface area (Å²) in [5.41, 5.74) is 2.63. The number of nitrogens with one attached hydrogen (secondary N) is 1. The molecule has 1 atom stereocenters. The van der Waals surface area contributed by atoms with Crippen molar-refractivity contribution in [1.29, 1.82) is 0 Å². The number of benzene rings is 1. The fourth-order valence-corrected chi connectivity index (χ4v) is 3.95. The Kier molecular flexibility index (Phi) is 5.14. The van der Waals surface area contributed by atoms with Gasteiger partial charge in [0.15, 0.2) is 0 Å². The summed E-state index contributed by atoms with van der Waals surface area (Å²) >= 11 is 0. The van der Waals surface area contributed by atoms with Crippen LogP contribution in [-0.4, -0.2) is 36.5 Å². The molecule has 1 N–H and O–H groups in total. The van der Waals surface area contributed by atoms with Gasteiger partial charge in [0, 0.05) is 19.1 Å². The number of nitrogens with zero attached hydrogens (tertiary/aromatic N) is 1. The Morgan fingerprint density at radius 1 is 1.23 bits per heavy atom. The van der Waals surface area contributed by atoms with Crippen LogP contribution in [0.5, 0.6) is 0 Å². The van der Waals surface area contributed by atoms with Crippen molar-refractivity contribution in [2.45, 2.75) is 57.4 Å². The molecule has 120 valence electrons. The lowest BCUT2D eigenvalue weighted by molar-refractivity contribution is -0.123. The zero-order chi connectivity index (χ0) is 15.4. The van der Waals surface area contributed by atoms with Crippen molar-refractivity contribution in [1.82, 2.24) is 10.2 Å². The Hall–Kier alpha value is -1.35. The Balaban J connectivity index is 1.57. The number of hydrogen-bond donors (Lipinski definition) is 1. The van der Waals surface area contributed by atoms with Gasteiger partial charge in [-0.25, -0.2) is 0 Å². The van der Waals surface area contributed by atoms with Gasteiger partial charge in [0.25, 0.3) is 0 Å². The maximum absolute atomic E-state index is 12.7. The summed E-state index contributed by atoms with van der Waals surface area (Å²) in [6.07, 6.45) is 6.66. The number of carbonyl (C=O) groups excluding carboxylic acids is 1. The largest absolute Gasteiger partial charge is 0.353 e. The van der Waals surface area contributed by atoms with Crippen LogP contribution in [0.3, 0.4) is 0 Å². The second-order valence-corrected chi connectivity index (χ2v) is 6.77. The highest BCUT2D eigenvalue weighted by atomic mass is 16.1. The van der Waals surface area contributed by atoms with Crippen LogP contribution in [0.15, 0.2) is 24.3 Å². The Labute approximate surface area is 134 Å². The molecule has 1 aliphatic carbocycles. The molecule has 0 bridgehead atoms. The zero-order valence-electron chi connectivity index (χ0n) is 13.7. The van der Waals surface area contributed by atoms with Crippen molar-refractivity contribution in [3.05, 3.63) is 35.4 Å². The molecule has 1 unspecified atom stereocenters. The molecule has 3 nitrogen and oxygen atoms in total. The van der Waals surface area contributed by atoms with E-state index in [0.29, 0.717) is 6.04 Å². The third kappa shape index (κ3) is 3.52. The molecular formula is C19H28N2O. The quantitative estimate of drug-likeness (QED) is 0.926. The first-order chi connectivity index (χ1) is 10.8. The fourth-order valence-electron chi connectivity index (χ4n) is 3.95. The highest BCUT2D eigenvalue weighted by Crippen LogP contribution is 2.31. The van der Waals surface area contributed by atoms with Gasteiger partial charge in [-0.15, -0.1) is 0 Å². The predicted octanol–water partition coefficient (Wildman–Crippen LogP) is 3.10. The van der Waals surface area contributed by atoms with Crippen molar-refractivity contribution in [3.63, 3.8) is 0 Å². The maximum atomic E-state index is 12.7. The number of hydrogen-bond acceptors (Lipinski definition) is 2. The van der Waals surface area contributed by atoms with E-state index in [1.807, 2.05) is 0 Å². The lowest BCUT2D eigenvalue weighted by Crippen LogP contribution is -2.46. The number of aryl methyl sites for hydroxylation is 1. The van der Waals surface area contributed by atoms with Gasteiger partial charge in [-0.3, -0.25) is 4.79 Å². The summed E-state index contributed by atoms with van der Waals surface area (Å²) in [4.78, 5) is 15.2. The molecule has 1 aromatic rings. The van der Waals surface area contributed by atoms with Crippen molar-refractivity contribution in [3.8, 4) is 0 Å². The summed E-state index contributed by atoms with van der Waals surface area (Å²) in [5, 5.41) is 3.33. The number of amides is 1. The van der Waals surface area contributed by atoms with Crippen LogP contribution in [0.25, 0.3) is 0 Å². The number of carbonyl (C=O) groups is 1. The second-order valence-electron chi connectivity index (χ2n) is 6.77. The molecule has 0 radical (unpaired) electrons. The number of rotatable bonds is 4. The van der Waals surface area contributed by atoms with E-state index in [1.165, 1.54) is 24.1 Å². The van der Waals surface area contributed by atoms with Crippen LogP contribution in [0.2, 0.25) is 0 Å². The van der Waals surface area contributed by atoms with E-state index in [4.69, 9.17) is 0 Å². The van der Waals surface area contributed by atoms with E-state index < -0.39 is 0 Å². The number of piperidine rings is 1. The molecule has 0 spiro atoms. The van der Waals surface area contributed by atoms with Gasteiger partial charge in [0.2, 0.25) is 5.91 Å². The summed E-state index contributed by atoms with van der Waals surface area (Å²) in [6, 6.07) is 8.84. The van der Waals surface area contributed by atoms with E-state index in [1.54, 1.807) is 0 Å². The van der Waals surface area contributed by atoms with Crippen LogP contribution in [0.4, 0.5) is 0 Å². The topological polar surface area (TPSA) is 32.3 Å². The first-order valence-electron chi connectivity index (χ1n) is 8.88. The first kappa shape index (κ1) is 15.5. The van der Waals surface area contributed by atoms with E-state index in [0.717, 1.165) is 45.2 Å². The third-order valence-electron chi connectivity index (χ3n) is 5.16. The fraction of sp³-hybridized carbons (Fsp3) is 0.632. The van der Waals surface area contributed by atoms with Crippen LogP contribution in [-0.2, 0) is 11.2 Å². The van der Waals surface area contributed by atoms with Crippen LogP contribution >= 0.6 is 0 Å². The molecular weight excluding hydrogens is 272 g/mol. The molecule has 1 aliphatic heterocycles. The second kappa shape index (κ2) is 7.28. The monoisotopic (exact) mass is 300 g/mol. The van der Waals surface area contributed by atoms with Crippen molar-refractivity contribution < 1.29 is 4.79 Å². The Bertz CT molecular complexity index is 506. The van der Waals surface area contributed by atoms with Gasteiger partial charge < -0.3 is 10.2 Å². The lowest BCUT2D eigenvalue weighted by Gasteiger charge is -2.33. The molecule has 0 saturated carbocycles. The Morgan fingerprint density at radius 3 is 2.77 bits per heavy atom. The molecule has 3 rings (SSSR count).